The molecular formula is C21H17ClN4O3. The first-order valence-electron chi connectivity index (χ1n) is 9.11. The summed E-state index contributed by atoms with van der Waals surface area (Å²) in [5.74, 6) is 2.92. The maximum atomic E-state index is 5.92. The number of halogens is 1. The molecule has 29 heavy (non-hydrogen) atoms. The molecule has 3 heterocycles. The molecule has 1 aromatic heterocycles. The van der Waals surface area contributed by atoms with Crippen molar-refractivity contribution in [2.24, 2.45) is 5.10 Å². The summed E-state index contributed by atoms with van der Waals surface area (Å²) in [4.78, 5) is 0. The third kappa shape index (κ3) is 3.34. The Labute approximate surface area is 172 Å². The maximum Gasteiger partial charge on any atom is 0.231 e. The van der Waals surface area contributed by atoms with E-state index >= 15 is 0 Å². The second-order valence-corrected chi connectivity index (χ2v) is 7.05. The van der Waals surface area contributed by atoms with Crippen LogP contribution in [0.25, 0.3) is 0 Å². The number of hydrogen-bond acceptors (Lipinski definition) is 7. The van der Waals surface area contributed by atoms with E-state index in [2.05, 4.69) is 10.2 Å². The fourth-order valence-electron chi connectivity index (χ4n) is 3.49. The summed E-state index contributed by atoms with van der Waals surface area (Å²) in [6, 6.07) is 17.3. The number of nitrogens with zero attached hydrogens (tertiary/aromatic N) is 4. The van der Waals surface area contributed by atoms with E-state index in [1.165, 1.54) is 0 Å². The Morgan fingerprint density at radius 3 is 2.59 bits per heavy atom. The van der Waals surface area contributed by atoms with E-state index in [-0.39, 0.29) is 12.8 Å². The van der Waals surface area contributed by atoms with Gasteiger partial charge in [-0.15, -0.1) is 10.2 Å². The molecule has 2 aliphatic heterocycles. The third-order valence-corrected chi connectivity index (χ3v) is 5.17. The predicted molar refractivity (Wildman–Crippen MR) is 109 cm³/mol. The van der Waals surface area contributed by atoms with Gasteiger partial charge in [0.1, 0.15) is 5.75 Å². The second-order valence-electron chi connectivity index (χ2n) is 6.67. The van der Waals surface area contributed by atoms with Crippen LogP contribution in [0.15, 0.2) is 59.7 Å². The van der Waals surface area contributed by atoms with Crippen LogP contribution in [0.3, 0.4) is 0 Å². The van der Waals surface area contributed by atoms with Crippen LogP contribution in [0.1, 0.15) is 23.6 Å². The Bertz CT molecular complexity index is 1070. The molecule has 0 spiro atoms. The van der Waals surface area contributed by atoms with Crippen molar-refractivity contribution in [2.75, 3.05) is 18.9 Å². The van der Waals surface area contributed by atoms with Crippen molar-refractivity contribution in [2.45, 2.75) is 12.5 Å². The number of benzene rings is 2. The highest BCUT2D eigenvalue weighted by Crippen LogP contribution is 2.40. The van der Waals surface area contributed by atoms with E-state index in [0.717, 1.165) is 34.1 Å². The summed E-state index contributed by atoms with van der Waals surface area (Å²) in [6.07, 6.45) is 0.705. The average Bonchev–Trinajstić information content (AvgIpc) is 3.41. The van der Waals surface area contributed by atoms with E-state index in [9.17, 15) is 0 Å². The number of anilines is 1. The van der Waals surface area contributed by atoms with Crippen LogP contribution >= 0.6 is 11.6 Å². The predicted octanol–water partition coefficient (Wildman–Crippen LogP) is 4.22. The van der Waals surface area contributed by atoms with Gasteiger partial charge in [0, 0.05) is 6.42 Å². The molecule has 0 saturated carbocycles. The van der Waals surface area contributed by atoms with Gasteiger partial charge in [-0.3, -0.25) is 0 Å². The number of hydrazone groups is 1. The molecule has 2 aliphatic rings. The van der Waals surface area contributed by atoms with Gasteiger partial charge in [0.05, 0.1) is 18.9 Å². The molecule has 0 N–H and O–H groups in total. The normalized spacial score (nSPS) is 17.4. The SMILES string of the molecule is COc1ccc(C2=NN(c3ccc(Cl)nn3)C(c3ccc4c(c3)OCO4)C2)cc1. The molecule has 146 valence electrons. The zero-order valence-corrected chi connectivity index (χ0v) is 16.3. The van der Waals surface area contributed by atoms with Gasteiger partial charge in [0.25, 0.3) is 0 Å². The standard InChI is InChI=1S/C21H17ClN4O3/c1-27-15-5-2-13(3-6-15)16-11-17(14-4-7-18-19(10-14)29-12-28-18)26(25-16)21-9-8-20(22)23-24-21/h2-10,17H,11-12H2,1H3. The van der Waals surface area contributed by atoms with Gasteiger partial charge in [0.15, 0.2) is 22.5 Å². The van der Waals surface area contributed by atoms with E-state index in [0.29, 0.717) is 17.4 Å². The second kappa shape index (κ2) is 7.25. The number of fused-ring (bicyclic) bond motifs is 1. The van der Waals surface area contributed by atoms with E-state index in [4.69, 9.17) is 30.9 Å². The minimum Gasteiger partial charge on any atom is -0.497 e. The van der Waals surface area contributed by atoms with Crippen molar-refractivity contribution in [3.05, 3.63) is 70.9 Å². The number of ether oxygens (including phenoxy) is 3. The Morgan fingerprint density at radius 1 is 1.00 bits per heavy atom. The van der Waals surface area contributed by atoms with Gasteiger partial charge in [-0.2, -0.15) is 5.10 Å². The molecule has 1 unspecified atom stereocenters. The van der Waals surface area contributed by atoms with Gasteiger partial charge in [-0.25, -0.2) is 5.01 Å². The van der Waals surface area contributed by atoms with Crippen LogP contribution in [0.2, 0.25) is 5.15 Å². The van der Waals surface area contributed by atoms with Crippen molar-refractivity contribution in [3.8, 4) is 17.2 Å². The van der Waals surface area contributed by atoms with E-state index in [1.54, 1.807) is 13.2 Å². The molecule has 0 fully saturated rings. The van der Waals surface area contributed by atoms with Gasteiger partial charge in [-0.05, 0) is 59.7 Å². The number of aromatic nitrogens is 2. The van der Waals surface area contributed by atoms with Gasteiger partial charge < -0.3 is 14.2 Å². The van der Waals surface area contributed by atoms with Crippen LogP contribution in [-0.4, -0.2) is 29.8 Å². The van der Waals surface area contributed by atoms with Crippen molar-refractivity contribution >= 4 is 23.1 Å². The zero-order chi connectivity index (χ0) is 19.8. The molecule has 0 saturated heterocycles. The molecule has 3 aromatic rings. The molecule has 0 aliphatic carbocycles. The lowest BCUT2D eigenvalue weighted by Crippen LogP contribution is -2.20. The van der Waals surface area contributed by atoms with Crippen molar-refractivity contribution in [3.63, 3.8) is 0 Å². The average molecular weight is 409 g/mol. The summed E-state index contributed by atoms with van der Waals surface area (Å²) >= 11 is 5.92. The molecule has 7 nitrogen and oxygen atoms in total. The van der Waals surface area contributed by atoms with Gasteiger partial charge in [0.2, 0.25) is 6.79 Å². The van der Waals surface area contributed by atoms with Gasteiger partial charge in [-0.1, -0.05) is 17.7 Å². The highest BCUT2D eigenvalue weighted by molar-refractivity contribution is 6.29. The Balaban J connectivity index is 1.53. The first-order valence-corrected chi connectivity index (χ1v) is 9.49. The summed E-state index contributed by atoms with van der Waals surface area (Å²) in [6.45, 7) is 0.240. The summed E-state index contributed by atoms with van der Waals surface area (Å²) < 4.78 is 16.3. The Hall–Kier alpha value is -3.32. The van der Waals surface area contributed by atoms with Crippen molar-refractivity contribution in [1.82, 2.24) is 10.2 Å². The van der Waals surface area contributed by atoms with Crippen LogP contribution < -0.4 is 19.2 Å². The monoisotopic (exact) mass is 408 g/mol. The minimum absolute atomic E-state index is 0.0583. The summed E-state index contributed by atoms with van der Waals surface area (Å²) in [5, 5.41) is 15.3. The molecule has 5 rings (SSSR count). The highest BCUT2D eigenvalue weighted by atomic mass is 35.5. The van der Waals surface area contributed by atoms with E-state index < -0.39 is 0 Å². The van der Waals surface area contributed by atoms with Crippen molar-refractivity contribution < 1.29 is 14.2 Å². The summed E-state index contributed by atoms with van der Waals surface area (Å²) in [5.41, 5.74) is 3.03. The van der Waals surface area contributed by atoms with Crippen LogP contribution in [0.5, 0.6) is 17.2 Å². The molecule has 0 bridgehead atoms. The minimum atomic E-state index is -0.0583. The van der Waals surface area contributed by atoms with Crippen molar-refractivity contribution in [1.29, 1.82) is 0 Å². The lowest BCUT2D eigenvalue weighted by molar-refractivity contribution is 0.174. The van der Waals surface area contributed by atoms with E-state index in [1.807, 2.05) is 53.5 Å². The topological polar surface area (TPSA) is 69.1 Å². The Kier molecular flexibility index (Phi) is 4.44. The first kappa shape index (κ1) is 17.8. The Morgan fingerprint density at radius 2 is 1.83 bits per heavy atom. The lowest BCUT2D eigenvalue weighted by Gasteiger charge is -2.22. The first-order chi connectivity index (χ1) is 14.2. The largest absolute Gasteiger partial charge is 0.497 e. The maximum absolute atomic E-state index is 5.92. The third-order valence-electron chi connectivity index (χ3n) is 4.97. The lowest BCUT2D eigenvalue weighted by atomic mass is 9.98. The fourth-order valence-corrected chi connectivity index (χ4v) is 3.59. The number of methoxy groups -OCH3 is 1. The molecule has 1 atom stereocenters. The molecule has 2 aromatic carbocycles. The quantitative estimate of drug-likeness (QED) is 0.643. The van der Waals surface area contributed by atoms with Crippen LogP contribution in [0, 0.1) is 0 Å². The number of rotatable bonds is 4. The highest BCUT2D eigenvalue weighted by Gasteiger charge is 2.32. The molecule has 0 amide bonds. The zero-order valence-electron chi connectivity index (χ0n) is 15.6. The van der Waals surface area contributed by atoms with Gasteiger partial charge >= 0.3 is 0 Å². The van der Waals surface area contributed by atoms with Crippen LogP contribution in [-0.2, 0) is 0 Å². The fraction of sp³-hybridized carbons (Fsp3) is 0.190. The molecule has 0 radical (unpaired) electrons. The van der Waals surface area contributed by atoms with Crippen LogP contribution in [0.4, 0.5) is 5.82 Å². The smallest absolute Gasteiger partial charge is 0.231 e. The summed E-state index contributed by atoms with van der Waals surface area (Å²) in [7, 11) is 1.65. The molecule has 8 heteroatoms. The molecular weight excluding hydrogens is 392 g/mol. The number of hydrogen-bond donors (Lipinski definition) is 0.